The van der Waals surface area contributed by atoms with E-state index in [0.29, 0.717) is 5.56 Å². The van der Waals surface area contributed by atoms with Gasteiger partial charge in [-0.05, 0) is 65.5 Å². The second kappa shape index (κ2) is 7.49. The number of aromatic hydroxyl groups is 1. The Morgan fingerprint density at radius 3 is 2.27 bits per heavy atom. The van der Waals surface area contributed by atoms with Gasteiger partial charge < -0.3 is 14.9 Å². The first-order valence-electron chi connectivity index (χ1n) is 10.2. The third kappa shape index (κ3) is 4.08. The van der Waals surface area contributed by atoms with Crippen LogP contribution in [0.1, 0.15) is 80.1 Å². The molecule has 0 amide bonds. The Labute approximate surface area is 178 Å². The maximum atomic E-state index is 11.6. The van der Waals surface area contributed by atoms with Crippen molar-refractivity contribution in [2.24, 2.45) is 0 Å². The summed E-state index contributed by atoms with van der Waals surface area (Å²) in [6.45, 7) is 10.7. The monoisotopic (exact) mass is 406 g/mol. The smallest absolute Gasteiger partial charge is 0.341 e. The second-order valence-electron chi connectivity index (χ2n) is 9.57. The van der Waals surface area contributed by atoms with Gasteiger partial charge in [0.1, 0.15) is 16.9 Å². The van der Waals surface area contributed by atoms with Crippen molar-refractivity contribution >= 4 is 5.97 Å². The summed E-state index contributed by atoms with van der Waals surface area (Å²) >= 11 is 0. The summed E-state index contributed by atoms with van der Waals surface area (Å²) < 4.78 is 4.63. The minimum atomic E-state index is -1.36. The van der Waals surface area contributed by atoms with Crippen LogP contribution in [-0.2, 0) is 21.2 Å². The topological polar surface area (TPSA) is 66.8 Å². The van der Waals surface area contributed by atoms with Gasteiger partial charge in [-0.1, -0.05) is 57.7 Å². The van der Waals surface area contributed by atoms with Crippen LogP contribution in [0.25, 0.3) is 0 Å². The van der Waals surface area contributed by atoms with Gasteiger partial charge in [-0.15, -0.1) is 0 Å². The van der Waals surface area contributed by atoms with E-state index >= 15 is 0 Å². The lowest BCUT2D eigenvalue weighted by atomic mass is 9.62. The number of carbonyl (C=O) groups excluding carboxylic acids is 1. The SMILES string of the molecule is COC(=O)c1ccc(C#CC(C)(O)c2ccc3c(c2)C(C)(C)CCC3(C)C)cc1O. The van der Waals surface area contributed by atoms with Gasteiger partial charge in [-0.2, -0.15) is 0 Å². The Morgan fingerprint density at radius 1 is 1.03 bits per heavy atom. The van der Waals surface area contributed by atoms with Crippen molar-refractivity contribution in [1.29, 1.82) is 0 Å². The number of phenolic OH excluding ortho intramolecular Hbond substituents is 1. The third-order valence-electron chi connectivity index (χ3n) is 6.27. The largest absolute Gasteiger partial charge is 0.507 e. The highest BCUT2D eigenvalue weighted by Crippen LogP contribution is 2.46. The maximum absolute atomic E-state index is 11.6. The van der Waals surface area contributed by atoms with Crippen molar-refractivity contribution < 1.29 is 19.7 Å². The molecule has 0 heterocycles. The molecule has 30 heavy (non-hydrogen) atoms. The lowest BCUT2D eigenvalue weighted by Crippen LogP contribution is -2.34. The summed E-state index contributed by atoms with van der Waals surface area (Å²) in [5.74, 6) is 5.01. The number of phenols is 1. The number of ether oxygens (including phenoxy) is 1. The van der Waals surface area contributed by atoms with E-state index in [-0.39, 0.29) is 22.1 Å². The highest BCUT2D eigenvalue weighted by atomic mass is 16.5. The quantitative estimate of drug-likeness (QED) is 0.556. The molecule has 158 valence electrons. The van der Waals surface area contributed by atoms with Gasteiger partial charge in [0.15, 0.2) is 0 Å². The highest BCUT2D eigenvalue weighted by molar-refractivity contribution is 5.92. The molecule has 0 fully saturated rings. The van der Waals surface area contributed by atoms with Gasteiger partial charge in [-0.3, -0.25) is 0 Å². The second-order valence-corrected chi connectivity index (χ2v) is 9.57. The molecule has 1 aliphatic rings. The Kier molecular flexibility index (Phi) is 5.47. The molecule has 0 aliphatic heterocycles. The average Bonchev–Trinajstić information content (AvgIpc) is 2.69. The summed E-state index contributed by atoms with van der Waals surface area (Å²) in [6, 6.07) is 10.6. The van der Waals surface area contributed by atoms with Crippen molar-refractivity contribution in [2.45, 2.75) is 63.9 Å². The van der Waals surface area contributed by atoms with Gasteiger partial charge in [0, 0.05) is 5.56 Å². The van der Waals surface area contributed by atoms with Crippen molar-refractivity contribution in [3.63, 3.8) is 0 Å². The number of hydrogen-bond acceptors (Lipinski definition) is 4. The van der Waals surface area contributed by atoms with Crippen molar-refractivity contribution in [3.05, 3.63) is 64.2 Å². The molecule has 0 spiro atoms. The molecule has 3 rings (SSSR count). The van der Waals surface area contributed by atoms with E-state index in [1.54, 1.807) is 13.0 Å². The standard InChI is InChI=1S/C26H30O4/c1-24(2)13-14-25(3,4)21-16-18(8-10-20(21)24)26(5,29)12-11-17-7-9-19(22(27)15-17)23(28)30-6/h7-10,15-16,27,29H,13-14H2,1-6H3. The van der Waals surface area contributed by atoms with Crippen LogP contribution in [-0.4, -0.2) is 23.3 Å². The molecule has 0 bridgehead atoms. The Morgan fingerprint density at radius 2 is 1.67 bits per heavy atom. The molecule has 0 radical (unpaired) electrons. The van der Waals surface area contributed by atoms with Crippen molar-refractivity contribution in [2.75, 3.05) is 7.11 Å². The predicted octanol–water partition coefficient (Wildman–Crippen LogP) is 4.79. The molecule has 4 nitrogen and oxygen atoms in total. The fourth-order valence-corrected chi connectivity index (χ4v) is 4.05. The summed E-state index contributed by atoms with van der Waals surface area (Å²) in [7, 11) is 1.26. The van der Waals surface area contributed by atoms with Crippen LogP contribution in [0.3, 0.4) is 0 Å². The molecule has 0 aromatic heterocycles. The normalized spacial score (nSPS) is 18.4. The zero-order chi connectivity index (χ0) is 22.3. The van der Waals surface area contributed by atoms with Crippen LogP contribution in [0.4, 0.5) is 0 Å². The van der Waals surface area contributed by atoms with Crippen LogP contribution in [0, 0.1) is 11.8 Å². The molecule has 4 heteroatoms. The average molecular weight is 407 g/mol. The van der Waals surface area contributed by atoms with E-state index in [0.717, 1.165) is 18.4 Å². The first-order chi connectivity index (χ1) is 13.9. The lowest BCUT2D eigenvalue weighted by molar-refractivity contribution is 0.0597. The molecule has 2 aromatic rings. The fraction of sp³-hybridized carbons (Fsp3) is 0.423. The van der Waals surface area contributed by atoms with Crippen LogP contribution >= 0.6 is 0 Å². The van der Waals surface area contributed by atoms with E-state index in [1.165, 1.54) is 30.4 Å². The molecule has 1 aliphatic carbocycles. The molecule has 0 saturated heterocycles. The third-order valence-corrected chi connectivity index (χ3v) is 6.27. The van der Waals surface area contributed by atoms with Gasteiger partial charge in [0.25, 0.3) is 0 Å². The number of aliphatic hydroxyl groups is 1. The van der Waals surface area contributed by atoms with Crippen molar-refractivity contribution in [3.8, 4) is 17.6 Å². The molecular formula is C26H30O4. The van der Waals surface area contributed by atoms with Crippen LogP contribution in [0.5, 0.6) is 5.75 Å². The van der Waals surface area contributed by atoms with Gasteiger partial charge >= 0.3 is 5.97 Å². The van der Waals surface area contributed by atoms with E-state index in [2.05, 4.69) is 56.4 Å². The molecular weight excluding hydrogens is 376 g/mol. The number of fused-ring (bicyclic) bond motifs is 1. The van der Waals surface area contributed by atoms with E-state index in [4.69, 9.17) is 0 Å². The van der Waals surface area contributed by atoms with Gasteiger partial charge in [-0.25, -0.2) is 4.79 Å². The van der Waals surface area contributed by atoms with Crippen molar-refractivity contribution in [1.82, 2.24) is 0 Å². The summed E-state index contributed by atoms with van der Waals surface area (Å²) in [4.78, 5) is 11.6. The van der Waals surface area contributed by atoms with E-state index in [1.807, 2.05) is 6.07 Å². The summed E-state index contributed by atoms with van der Waals surface area (Å²) in [5.41, 5.74) is 2.71. The summed E-state index contributed by atoms with van der Waals surface area (Å²) in [6.07, 6.45) is 2.23. The van der Waals surface area contributed by atoms with Gasteiger partial charge in [0.2, 0.25) is 0 Å². The molecule has 1 unspecified atom stereocenters. The first kappa shape index (κ1) is 21.9. The number of carbonyl (C=O) groups is 1. The fourth-order valence-electron chi connectivity index (χ4n) is 4.05. The molecule has 1 atom stereocenters. The minimum Gasteiger partial charge on any atom is -0.507 e. The number of methoxy groups -OCH3 is 1. The first-order valence-corrected chi connectivity index (χ1v) is 10.2. The molecule has 0 saturated carbocycles. The maximum Gasteiger partial charge on any atom is 0.341 e. The highest BCUT2D eigenvalue weighted by Gasteiger charge is 2.38. The number of rotatable bonds is 2. The van der Waals surface area contributed by atoms with E-state index in [9.17, 15) is 15.0 Å². The Bertz CT molecular complexity index is 1050. The number of hydrogen-bond donors (Lipinski definition) is 2. The lowest BCUT2D eigenvalue weighted by Gasteiger charge is -2.42. The predicted molar refractivity (Wildman–Crippen MR) is 118 cm³/mol. The van der Waals surface area contributed by atoms with Crippen LogP contribution < -0.4 is 0 Å². The van der Waals surface area contributed by atoms with E-state index < -0.39 is 11.6 Å². The number of benzene rings is 2. The van der Waals surface area contributed by atoms with Crippen LogP contribution in [0.2, 0.25) is 0 Å². The molecule has 2 N–H and O–H groups in total. The Balaban J connectivity index is 1.96. The van der Waals surface area contributed by atoms with Gasteiger partial charge in [0.05, 0.1) is 7.11 Å². The number of esters is 1. The molecule has 2 aromatic carbocycles. The zero-order valence-corrected chi connectivity index (χ0v) is 18.6. The van der Waals surface area contributed by atoms with Crippen LogP contribution in [0.15, 0.2) is 36.4 Å². The zero-order valence-electron chi connectivity index (χ0n) is 18.6. The Hall–Kier alpha value is -2.77. The minimum absolute atomic E-state index is 0.0415. The summed E-state index contributed by atoms with van der Waals surface area (Å²) in [5, 5.41) is 21.1.